The van der Waals surface area contributed by atoms with Crippen LogP contribution in [0.4, 0.5) is 0 Å². The monoisotopic (exact) mass is 392 g/mol. The molecule has 2 fully saturated rings. The Labute approximate surface area is 169 Å². The van der Waals surface area contributed by atoms with E-state index in [1.807, 2.05) is 47.5 Å². The summed E-state index contributed by atoms with van der Waals surface area (Å²) in [6.45, 7) is 6.03. The molecule has 0 radical (unpaired) electrons. The van der Waals surface area contributed by atoms with Crippen LogP contribution < -0.4 is 0 Å². The zero-order valence-corrected chi connectivity index (χ0v) is 16.9. The predicted octanol–water partition coefficient (Wildman–Crippen LogP) is 3.98. The molecule has 2 saturated heterocycles. The molecule has 0 spiro atoms. The smallest absolute Gasteiger partial charge is 0.253 e. The van der Waals surface area contributed by atoms with Gasteiger partial charge < -0.3 is 4.90 Å². The quantitative estimate of drug-likeness (QED) is 0.677. The van der Waals surface area contributed by atoms with E-state index in [9.17, 15) is 4.79 Å². The van der Waals surface area contributed by atoms with Gasteiger partial charge in [-0.05, 0) is 56.4 Å². The Morgan fingerprint density at radius 2 is 1.79 bits per heavy atom. The fourth-order valence-electron chi connectivity index (χ4n) is 4.26. The first-order chi connectivity index (χ1) is 13.7. The number of fused-ring (bicyclic) bond motifs is 1. The zero-order valence-electron chi connectivity index (χ0n) is 16.1. The number of thiophene rings is 1. The van der Waals surface area contributed by atoms with Crippen LogP contribution in [0.5, 0.6) is 0 Å². The Morgan fingerprint density at radius 1 is 1.04 bits per heavy atom. The molecule has 6 heteroatoms. The third-order valence-corrected chi connectivity index (χ3v) is 6.79. The van der Waals surface area contributed by atoms with Crippen LogP contribution in [0.3, 0.4) is 0 Å². The Kier molecular flexibility index (Phi) is 4.61. The highest BCUT2D eigenvalue weighted by molar-refractivity contribution is 7.17. The van der Waals surface area contributed by atoms with E-state index in [1.165, 1.54) is 32.4 Å². The maximum atomic E-state index is 12.8. The molecule has 0 N–H and O–H groups in total. The Hall–Kier alpha value is -2.31. The summed E-state index contributed by atoms with van der Waals surface area (Å²) in [4.78, 5) is 26.5. The summed E-state index contributed by atoms with van der Waals surface area (Å²) in [5.41, 5.74) is 3.72. The number of hydrogen-bond acceptors (Lipinski definition) is 5. The van der Waals surface area contributed by atoms with E-state index in [1.54, 1.807) is 11.3 Å². The fourth-order valence-corrected chi connectivity index (χ4v) is 5.11. The average molecular weight is 393 g/mol. The summed E-state index contributed by atoms with van der Waals surface area (Å²) in [5, 5.41) is 2.04. The molecule has 0 aliphatic carbocycles. The summed E-state index contributed by atoms with van der Waals surface area (Å²) in [6.07, 6.45) is 3.94. The number of aromatic nitrogens is 2. The van der Waals surface area contributed by atoms with Crippen LogP contribution in [0.1, 0.15) is 35.4 Å². The summed E-state index contributed by atoms with van der Waals surface area (Å²) in [5.74, 6) is 0.908. The number of nitrogens with zero attached hydrogens (tertiary/aromatic N) is 4. The summed E-state index contributed by atoms with van der Waals surface area (Å²) in [7, 11) is 0. The van der Waals surface area contributed by atoms with Gasteiger partial charge in [-0.25, -0.2) is 9.97 Å². The number of benzene rings is 1. The summed E-state index contributed by atoms with van der Waals surface area (Å²) >= 11 is 1.65. The van der Waals surface area contributed by atoms with Gasteiger partial charge in [-0.2, -0.15) is 0 Å². The van der Waals surface area contributed by atoms with Crippen molar-refractivity contribution in [2.75, 3.05) is 26.2 Å². The lowest BCUT2D eigenvalue weighted by Gasteiger charge is -2.46. The third-order valence-electron chi connectivity index (χ3n) is 5.88. The summed E-state index contributed by atoms with van der Waals surface area (Å²) in [6, 6.07) is 10.5. The predicted molar refractivity (Wildman–Crippen MR) is 113 cm³/mol. The van der Waals surface area contributed by atoms with Gasteiger partial charge in [0.2, 0.25) is 0 Å². The second-order valence-electron chi connectivity index (χ2n) is 7.79. The largest absolute Gasteiger partial charge is 0.335 e. The van der Waals surface area contributed by atoms with E-state index in [4.69, 9.17) is 0 Å². The summed E-state index contributed by atoms with van der Waals surface area (Å²) < 4.78 is 1.09. The molecule has 5 rings (SSSR count). The van der Waals surface area contributed by atoms with Crippen molar-refractivity contribution in [3.63, 3.8) is 0 Å². The molecule has 1 aromatic carbocycles. The number of rotatable bonds is 3. The number of carbonyl (C=O) groups excluding carboxylic acids is 1. The van der Waals surface area contributed by atoms with Crippen LogP contribution in [-0.4, -0.2) is 57.9 Å². The molecule has 144 valence electrons. The number of carbonyl (C=O) groups is 1. The Morgan fingerprint density at radius 3 is 2.54 bits per heavy atom. The number of likely N-dealkylation sites (tertiary alicyclic amines) is 2. The average Bonchev–Trinajstić information content (AvgIpc) is 3.15. The maximum absolute atomic E-state index is 12.8. The van der Waals surface area contributed by atoms with Crippen LogP contribution in [0, 0.1) is 6.92 Å². The number of aryl methyl sites for hydroxylation is 1. The molecule has 4 heterocycles. The van der Waals surface area contributed by atoms with Crippen molar-refractivity contribution in [3.05, 3.63) is 47.1 Å². The third kappa shape index (κ3) is 3.20. The number of amides is 1. The van der Waals surface area contributed by atoms with Crippen LogP contribution in [-0.2, 0) is 0 Å². The zero-order chi connectivity index (χ0) is 19.1. The van der Waals surface area contributed by atoms with E-state index in [0.29, 0.717) is 6.04 Å². The lowest BCUT2D eigenvalue weighted by Crippen LogP contribution is -2.61. The Balaban J connectivity index is 1.30. The van der Waals surface area contributed by atoms with Crippen molar-refractivity contribution >= 4 is 27.5 Å². The first kappa shape index (κ1) is 17.8. The van der Waals surface area contributed by atoms with Crippen LogP contribution in [0.25, 0.3) is 21.5 Å². The molecule has 2 aromatic heterocycles. The van der Waals surface area contributed by atoms with Gasteiger partial charge in [0.25, 0.3) is 5.91 Å². The molecule has 0 bridgehead atoms. The minimum absolute atomic E-state index is 0.139. The van der Waals surface area contributed by atoms with Gasteiger partial charge in [-0.3, -0.25) is 9.69 Å². The van der Waals surface area contributed by atoms with Gasteiger partial charge in [-0.1, -0.05) is 18.6 Å². The Bertz CT molecular complexity index is 1000. The standard InChI is InChI=1S/C22H24N4OS/c1-15-23-19-9-12-28-21(19)20(24-15)16-5-7-17(8-6-16)22(27)26-13-18(14-26)25-10-3-2-4-11-25/h5-9,12,18H,2-4,10-11,13-14H2,1H3. The van der Waals surface area contributed by atoms with Crippen molar-refractivity contribution in [1.29, 1.82) is 0 Å². The second-order valence-corrected chi connectivity index (χ2v) is 8.71. The highest BCUT2D eigenvalue weighted by atomic mass is 32.1. The van der Waals surface area contributed by atoms with Crippen LogP contribution >= 0.6 is 11.3 Å². The highest BCUT2D eigenvalue weighted by Crippen LogP contribution is 2.30. The van der Waals surface area contributed by atoms with Gasteiger partial charge >= 0.3 is 0 Å². The van der Waals surface area contributed by atoms with Crippen molar-refractivity contribution in [2.24, 2.45) is 0 Å². The van der Waals surface area contributed by atoms with E-state index < -0.39 is 0 Å². The topological polar surface area (TPSA) is 49.3 Å². The van der Waals surface area contributed by atoms with Gasteiger partial charge in [0.1, 0.15) is 5.82 Å². The number of hydrogen-bond donors (Lipinski definition) is 0. The highest BCUT2D eigenvalue weighted by Gasteiger charge is 2.35. The van der Waals surface area contributed by atoms with Crippen LogP contribution in [0.15, 0.2) is 35.7 Å². The molecule has 28 heavy (non-hydrogen) atoms. The van der Waals surface area contributed by atoms with Gasteiger partial charge in [0.15, 0.2) is 0 Å². The van der Waals surface area contributed by atoms with Crippen LogP contribution in [0.2, 0.25) is 0 Å². The molecular weight excluding hydrogens is 368 g/mol. The van der Waals surface area contributed by atoms with Gasteiger partial charge in [0, 0.05) is 30.3 Å². The normalized spacial score (nSPS) is 18.4. The molecule has 2 aliphatic rings. The van der Waals surface area contributed by atoms with Crippen molar-refractivity contribution in [2.45, 2.75) is 32.2 Å². The molecular formula is C22H24N4OS. The molecule has 1 amide bonds. The van der Waals surface area contributed by atoms with Gasteiger partial charge in [-0.15, -0.1) is 11.3 Å². The van der Waals surface area contributed by atoms with E-state index in [-0.39, 0.29) is 5.91 Å². The van der Waals surface area contributed by atoms with Crippen molar-refractivity contribution in [1.82, 2.24) is 19.8 Å². The molecule has 0 atom stereocenters. The first-order valence-corrected chi connectivity index (χ1v) is 10.9. The first-order valence-electron chi connectivity index (χ1n) is 10.0. The van der Waals surface area contributed by atoms with E-state index >= 15 is 0 Å². The van der Waals surface area contributed by atoms with E-state index in [2.05, 4.69) is 14.9 Å². The molecule has 3 aromatic rings. The van der Waals surface area contributed by atoms with Gasteiger partial charge in [0.05, 0.1) is 15.9 Å². The molecule has 0 saturated carbocycles. The molecule has 2 aliphatic heterocycles. The lowest BCUT2D eigenvalue weighted by molar-refractivity contribution is 0.0203. The molecule has 0 unspecified atom stereocenters. The minimum atomic E-state index is 0.139. The maximum Gasteiger partial charge on any atom is 0.253 e. The van der Waals surface area contributed by atoms with E-state index in [0.717, 1.165) is 46.0 Å². The van der Waals surface area contributed by atoms with Crippen molar-refractivity contribution < 1.29 is 4.79 Å². The lowest BCUT2D eigenvalue weighted by atomic mass is 10.0. The fraction of sp³-hybridized carbons (Fsp3) is 0.409. The number of piperidine rings is 1. The minimum Gasteiger partial charge on any atom is -0.335 e. The molecule has 5 nitrogen and oxygen atoms in total. The van der Waals surface area contributed by atoms with Crippen molar-refractivity contribution in [3.8, 4) is 11.3 Å². The SMILES string of the molecule is Cc1nc(-c2ccc(C(=O)N3CC(N4CCCCC4)C3)cc2)c2sccc2n1. The second kappa shape index (κ2) is 7.26.